The van der Waals surface area contributed by atoms with Crippen molar-refractivity contribution in [2.24, 2.45) is 5.92 Å². The van der Waals surface area contributed by atoms with E-state index in [9.17, 15) is 0 Å². The van der Waals surface area contributed by atoms with Crippen LogP contribution in [0.4, 0.5) is 0 Å². The lowest BCUT2D eigenvalue weighted by Crippen LogP contribution is -2.50. The van der Waals surface area contributed by atoms with E-state index in [2.05, 4.69) is 12.2 Å². The van der Waals surface area contributed by atoms with E-state index < -0.39 is 0 Å². The predicted molar refractivity (Wildman–Crippen MR) is 76.3 cm³/mol. The van der Waals surface area contributed by atoms with Crippen molar-refractivity contribution in [3.05, 3.63) is 0 Å². The van der Waals surface area contributed by atoms with Gasteiger partial charge < -0.3 is 14.8 Å². The van der Waals surface area contributed by atoms with Gasteiger partial charge in [0.15, 0.2) is 0 Å². The molecular formula is C16H29NO2. The van der Waals surface area contributed by atoms with Crippen molar-refractivity contribution >= 4 is 0 Å². The first kappa shape index (κ1) is 13.8. The van der Waals surface area contributed by atoms with Crippen molar-refractivity contribution < 1.29 is 9.47 Å². The van der Waals surface area contributed by atoms with Crippen LogP contribution in [0, 0.1) is 5.92 Å². The molecule has 0 amide bonds. The first-order valence-electron chi connectivity index (χ1n) is 8.27. The fraction of sp³-hybridized carbons (Fsp3) is 1.00. The van der Waals surface area contributed by atoms with Crippen molar-refractivity contribution in [2.75, 3.05) is 19.8 Å². The molecule has 1 spiro atoms. The van der Waals surface area contributed by atoms with Crippen LogP contribution in [0.1, 0.15) is 58.3 Å². The first-order valence-corrected chi connectivity index (χ1v) is 8.27. The summed E-state index contributed by atoms with van der Waals surface area (Å²) in [6.07, 6.45) is 10.4. The summed E-state index contributed by atoms with van der Waals surface area (Å²) in [6.45, 7) is 4.94. The van der Waals surface area contributed by atoms with Crippen LogP contribution in [-0.4, -0.2) is 37.5 Å². The topological polar surface area (TPSA) is 30.5 Å². The average molecular weight is 267 g/mol. The molecule has 1 saturated carbocycles. The van der Waals surface area contributed by atoms with Gasteiger partial charge in [0.1, 0.15) is 0 Å². The van der Waals surface area contributed by atoms with Gasteiger partial charge in [-0.25, -0.2) is 0 Å². The molecule has 2 heterocycles. The molecule has 2 saturated heterocycles. The summed E-state index contributed by atoms with van der Waals surface area (Å²) in [5.74, 6) is 0.954. The van der Waals surface area contributed by atoms with Crippen molar-refractivity contribution in [1.82, 2.24) is 5.32 Å². The van der Waals surface area contributed by atoms with Gasteiger partial charge in [0.25, 0.3) is 0 Å². The predicted octanol–water partition coefficient (Wildman–Crippen LogP) is 2.88. The molecule has 1 aliphatic carbocycles. The first-order chi connectivity index (χ1) is 9.30. The van der Waals surface area contributed by atoms with Crippen molar-refractivity contribution in [2.45, 2.75) is 76.0 Å². The highest BCUT2D eigenvalue weighted by Crippen LogP contribution is 2.34. The Labute approximate surface area is 117 Å². The largest absolute Gasteiger partial charge is 0.378 e. The molecular weight excluding hydrogens is 238 g/mol. The molecule has 110 valence electrons. The molecule has 1 N–H and O–H groups in total. The van der Waals surface area contributed by atoms with Gasteiger partial charge in [-0.05, 0) is 31.6 Å². The van der Waals surface area contributed by atoms with Crippen LogP contribution in [0.15, 0.2) is 0 Å². The molecule has 0 aromatic carbocycles. The van der Waals surface area contributed by atoms with Crippen LogP contribution in [0.2, 0.25) is 0 Å². The van der Waals surface area contributed by atoms with E-state index in [1.54, 1.807) is 0 Å². The van der Waals surface area contributed by atoms with E-state index in [4.69, 9.17) is 9.47 Å². The number of hydrogen-bond donors (Lipinski definition) is 1. The molecule has 2 aliphatic heterocycles. The van der Waals surface area contributed by atoms with E-state index in [0.29, 0.717) is 6.04 Å². The lowest BCUT2D eigenvalue weighted by Gasteiger charge is -2.40. The zero-order valence-corrected chi connectivity index (χ0v) is 12.3. The molecule has 0 bridgehead atoms. The Morgan fingerprint density at radius 3 is 2.89 bits per heavy atom. The number of hydrogen-bond acceptors (Lipinski definition) is 3. The van der Waals surface area contributed by atoms with Crippen LogP contribution >= 0.6 is 0 Å². The molecule has 4 unspecified atom stereocenters. The molecule has 0 radical (unpaired) electrons. The Hall–Kier alpha value is -0.120. The minimum Gasteiger partial charge on any atom is -0.378 e. The lowest BCUT2D eigenvalue weighted by molar-refractivity contribution is -0.0908. The molecule has 0 aromatic rings. The molecule has 4 atom stereocenters. The normalized spacial score (nSPS) is 43.7. The summed E-state index contributed by atoms with van der Waals surface area (Å²) in [4.78, 5) is 0. The quantitative estimate of drug-likeness (QED) is 0.853. The highest BCUT2D eigenvalue weighted by molar-refractivity contribution is 4.94. The minimum absolute atomic E-state index is 0.0503. The maximum absolute atomic E-state index is 6.02. The summed E-state index contributed by atoms with van der Waals surface area (Å²) in [6, 6.07) is 1.40. The van der Waals surface area contributed by atoms with Gasteiger partial charge in [-0.15, -0.1) is 0 Å². The van der Waals surface area contributed by atoms with Gasteiger partial charge in [0.05, 0.1) is 12.2 Å². The molecule has 3 rings (SSSR count). The maximum atomic E-state index is 6.02. The average Bonchev–Trinajstić information content (AvgIpc) is 2.87. The van der Waals surface area contributed by atoms with E-state index in [1.165, 1.54) is 38.5 Å². The monoisotopic (exact) mass is 267 g/mol. The second-order valence-corrected chi connectivity index (χ2v) is 6.83. The van der Waals surface area contributed by atoms with E-state index in [1.807, 2.05) is 0 Å². The Morgan fingerprint density at radius 1 is 1.16 bits per heavy atom. The number of rotatable bonds is 3. The summed E-state index contributed by atoms with van der Waals surface area (Å²) >= 11 is 0. The Bertz CT molecular complexity index is 288. The molecule has 3 nitrogen and oxygen atoms in total. The maximum Gasteiger partial charge on any atom is 0.0951 e. The second-order valence-electron chi connectivity index (χ2n) is 6.83. The second kappa shape index (κ2) is 6.11. The van der Waals surface area contributed by atoms with Crippen molar-refractivity contribution in [3.8, 4) is 0 Å². The number of nitrogens with one attached hydrogen (secondary N) is 1. The van der Waals surface area contributed by atoms with E-state index in [-0.39, 0.29) is 5.60 Å². The molecule has 19 heavy (non-hydrogen) atoms. The van der Waals surface area contributed by atoms with Crippen molar-refractivity contribution in [3.63, 3.8) is 0 Å². The van der Waals surface area contributed by atoms with Crippen LogP contribution in [0.5, 0.6) is 0 Å². The van der Waals surface area contributed by atoms with Gasteiger partial charge in [0.2, 0.25) is 0 Å². The van der Waals surface area contributed by atoms with Gasteiger partial charge in [0, 0.05) is 31.7 Å². The lowest BCUT2D eigenvalue weighted by atomic mass is 9.82. The standard InChI is InChI=1S/C16H29NO2/c1-2-13-4-3-5-14(10-13)17-15-6-8-19-16(11-15)7-9-18-12-16/h13-15,17H,2-12H2,1H3. The molecule has 0 aromatic heterocycles. The van der Waals surface area contributed by atoms with E-state index in [0.717, 1.165) is 44.6 Å². The van der Waals surface area contributed by atoms with Gasteiger partial charge >= 0.3 is 0 Å². The van der Waals surface area contributed by atoms with Gasteiger partial charge in [-0.1, -0.05) is 26.2 Å². The zero-order chi connectivity index (χ0) is 13.1. The van der Waals surface area contributed by atoms with Crippen LogP contribution < -0.4 is 5.32 Å². The third-order valence-corrected chi connectivity index (χ3v) is 5.39. The third kappa shape index (κ3) is 3.32. The van der Waals surface area contributed by atoms with Crippen LogP contribution in [0.25, 0.3) is 0 Å². The smallest absolute Gasteiger partial charge is 0.0951 e. The third-order valence-electron chi connectivity index (χ3n) is 5.39. The fourth-order valence-corrected chi connectivity index (χ4v) is 4.18. The summed E-state index contributed by atoms with van der Waals surface area (Å²) < 4.78 is 11.6. The zero-order valence-electron chi connectivity index (χ0n) is 12.3. The van der Waals surface area contributed by atoms with E-state index >= 15 is 0 Å². The van der Waals surface area contributed by atoms with Crippen molar-refractivity contribution in [1.29, 1.82) is 0 Å². The minimum atomic E-state index is 0.0503. The highest BCUT2D eigenvalue weighted by atomic mass is 16.6. The Morgan fingerprint density at radius 2 is 2.11 bits per heavy atom. The molecule has 3 fully saturated rings. The highest BCUT2D eigenvalue weighted by Gasteiger charge is 2.41. The van der Waals surface area contributed by atoms with Crippen LogP contribution in [0.3, 0.4) is 0 Å². The summed E-state index contributed by atoms with van der Waals surface area (Å²) in [5.41, 5.74) is 0.0503. The number of ether oxygens (including phenoxy) is 2. The van der Waals surface area contributed by atoms with Crippen LogP contribution in [-0.2, 0) is 9.47 Å². The molecule has 3 heteroatoms. The Balaban J connectivity index is 1.51. The SMILES string of the molecule is CCC1CCCC(NC2CCOC3(CCOC3)C2)C1. The van der Waals surface area contributed by atoms with Gasteiger partial charge in [-0.3, -0.25) is 0 Å². The summed E-state index contributed by atoms with van der Waals surface area (Å²) in [5, 5.41) is 3.94. The fourth-order valence-electron chi connectivity index (χ4n) is 4.18. The Kier molecular flexibility index (Phi) is 4.45. The van der Waals surface area contributed by atoms with Gasteiger partial charge in [-0.2, -0.15) is 0 Å². The summed E-state index contributed by atoms with van der Waals surface area (Å²) in [7, 11) is 0. The molecule has 3 aliphatic rings.